The third-order valence-electron chi connectivity index (χ3n) is 2.75. The van der Waals surface area contributed by atoms with E-state index >= 15 is 0 Å². The first-order valence-electron chi connectivity index (χ1n) is 6.78. The van der Waals surface area contributed by atoms with Crippen LogP contribution in [-0.4, -0.2) is 32.1 Å². The van der Waals surface area contributed by atoms with Gasteiger partial charge in [-0.1, -0.05) is 25.1 Å². The zero-order valence-corrected chi connectivity index (χ0v) is 13.4. The highest BCUT2D eigenvalue weighted by Crippen LogP contribution is 2.44. The number of hydrogen-bond acceptors (Lipinski definition) is 5. The largest absolute Gasteiger partial charge is 0.459 e. The van der Waals surface area contributed by atoms with Crippen molar-refractivity contribution in [2.75, 3.05) is 13.7 Å². The number of para-hydroxylation sites is 1. The van der Waals surface area contributed by atoms with E-state index in [9.17, 15) is 9.36 Å². The maximum atomic E-state index is 12.7. The van der Waals surface area contributed by atoms with E-state index in [1.165, 1.54) is 0 Å². The van der Waals surface area contributed by atoms with Gasteiger partial charge in [-0.05, 0) is 25.5 Å². The first-order valence-corrected chi connectivity index (χ1v) is 8.32. The molecule has 1 aromatic rings. The summed E-state index contributed by atoms with van der Waals surface area (Å²) in [7, 11) is -2.10. The molecule has 0 fully saturated rings. The Hall–Kier alpha value is -1.20. The Balaban J connectivity index is 2.78. The molecule has 7 heteroatoms. The molecule has 118 valence electrons. The van der Waals surface area contributed by atoms with E-state index in [0.29, 0.717) is 18.5 Å². The van der Waals surface area contributed by atoms with Gasteiger partial charge in [0.25, 0.3) is 0 Å². The minimum absolute atomic E-state index is 0.107. The smallest absolute Gasteiger partial charge is 0.413 e. The van der Waals surface area contributed by atoms with E-state index in [0.717, 1.165) is 0 Å². The van der Waals surface area contributed by atoms with E-state index in [2.05, 4.69) is 5.09 Å². The molecule has 1 N–H and O–H groups in total. The second-order valence-corrected chi connectivity index (χ2v) is 6.21. The van der Waals surface area contributed by atoms with Gasteiger partial charge in [-0.3, -0.25) is 4.52 Å². The third-order valence-corrected chi connectivity index (χ3v) is 4.42. The highest BCUT2D eigenvalue weighted by Gasteiger charge is 2.29. The monoisotopic (exact) mass is 315 g/mol. The summed E-state index contributed by atoms with van der Waals surface area (Å²) in [6.07, 6.45) is 1.16. The number of hydrogen-bond donors (Lipinski definition) is 1. The number of benzene rings is 1. The van der Waals surface area contributed by atoms with Gasteiger partial charge in [-0.2, -0.15) is 0 Å². The highest BCUT2D eigenvalue weighted by atomic mass is 31.2. The number of nitrogens with one attached hydrogen (secondary N) is 1. The van der Waals surface area contributed by atoms with Gasteiger partial charge < -0.3 is 14.1 Å². The van der Waals surface area contributed by atoms with Crippen molar-refractivity contribution in [3.05, 3.63) is 30.3 Å². The topological polar surface area (TPSA) is 73.9 Å². The lowest BCUT2D eigenvalue weighted by Gasteiger charge is -2.23. The standard InChI is InChI=1S/C14H22NO5P/c1-4-13(18-3)11-19-21(17,15-12(2)10-16)20-14-8-6-5-7-9-14/h5-10,12-13H,4,11H2,1-3H3,(H,15,17)/t12?,13?,21-/m0/s1. The predicted octanol–water partition coefficient (Wildman–Crippen LogP) is 2.79. The summed E-state index contributed by atoms with van der Waals surface area (Å²) in [5, 5.41) is 2.58. The van der Waals surface area contributed by atoms with Gasteiger partial charge in [0.05, 0.1) is 18.8 Å². The number of carbonyl (C=O) groups is 1. The maximum Gasteiger partial charge on any atom is 0.459 e. The highest BCUT2D eigenvalue weighted by molar-refractivity contribution is 7.52. The van der Waals surface area contributed by atoms with Crippen LogP contribution in [0.5, 0.6) is 5.75 Å². The Morgan fingerprint density at radius 2 is 2.00 bits per heavy atom. The van der Waals surface area contributed by atoms with Crippen LogP contribution in [0.1, 0.15) is 20.3 Å². The van der Waals surface area contributed by atoms with Crippen LogP contribution in [0.15, 0.2) is 30.3 Å². The molecule has 0 aliphatic rings. The van der Waals surface area contributed by atoms with Crippen molar-refractivity contribution in [2.45, 2.75) is 32.4 Å². The summed E-state index contributed by atoms with van der Waals surface area (Å²) in [6.45, 7) is 3.61. The summed E-state index contributed by atoms with van der Waals surface area (Å²) < 4.78 is 28.7. The minimum Gasteiger partial charge on any atom is -0.413 e. The summed E-state index contributed by atoms with van der Waals surface area (Å²) in [5.74, 6) is 0.400. The van der Waals surface area contributed by atoms with Gasteiger partial charge in [0.2, 0.25) is 0 Å². The van der Waals surface area contributed by atoms with Crippen LogP contribution in [0.4, 0.5) is 0 Å². The number of aldehydes is 1. The SMILES string of the molecule is CCC(CO[P@@](=O)(NC(C)C=O)Oc1ccccc1)OC. The normalized spacial score (nSPS) is 16.7. The van der Waals surface area contributed by atoms with Crippen LogP contribution < -0.4 is 9.61 Å². The van der Waals surface area contributed by atoms with Gasteiger partial charge in [0, 0.05) is 7.11 Å². The van der Waals surface area contributed by atoms with Crippen LogP contribution in [0.2, 0.25) is 0 Å². The first kappa shape index (κ1) is 17.9. The summed E-state index contributed by atoms with van der Waals surface area (Å²) >= 11 is 0. The van der Waals surface area contributed by atoms with Crippen molar-refractivity contribution in [1.29, 1.82) is 0 Å². The molecule has 0 amide bonds. The summed E-state index contributed by atoms with van der Waals surface area (Å²) in [6, 6.07) is 8.01. The molecule has 0 aromatic heterocycles. The Bertz CT molecular complexity index is 464. The van der Waals surface area contributed by atoms with Crippen LogP contribution in [0, 0.1) is 0 Å². The molecule has 0 saturated heterocycles. The van der Waals surface area contributed by atoms with Crippen LogP contribution >= 0.6 is 7.75 Å². The Morgan fingerprint density at radius 3 is 2.52 bits per heavy atom. The van der Waals surface area contributed by atoms with Crippen LogP contribution in [0.25, 0.3) is 0 Å². The predicted molar refractivity (Wildman–Crippen MR) is 80.4 cm³/mol. The van der Waals surface area contributed by atoms with E-state index in [4.69, 9.17) is 13.8 Å². The Morgan fingerprint density at radius 1 is 1.33 bits per heavy atom. The average Bonchev–Trinajstić information content (AvgIpc) is 2.49. The molecular weight excluding hydrogens is 293 g/mol. The molecule has 1 aromatic carbocycles. The second kappa shape index (κ2) is 8.95. The Kier molecular flexibility index (Phi) is 7.61. The number of rotatable bonds is 10. The quantitative estimate of drug-likeness (QED) is 0.528. The molecule has 21 heavy (non-hydrogen) atoms. The molecule has 0 spiro atoms. The number of methoxy groups -OCH3 is 1. The lowest BCUT2D eigenvalue weighted by molar-refractivity contribution is -0.109. The zero-order chi connectivity index (χ0) is 15.7. The fourth-order valence-electron chi connectivity index (χ4n) is 1.52. The second-order valence-electron chi connectivity index (χ2n) is 4.52. The van der Waals surface area contributed by atoms with Gasteiger partial charge in [0.1, 0.15) is 12.0 Å². The van der Waals surface area contributed by atoms with E-state index < -0.39 is 13.8 Å². The van der Waals surface area contributed by atoms with Gasteiger partial charge >= 0.3 is 7.75 Å². The number of ether oxygens (including phenoxy) is 1. The lowest BCUT2D eigenvalue weighted by Crippen LogP contribution is -2.29. The summed E-state index contributed by atoms with van der Waals surface area (Å²) in [5.41, 5.74) is 0. The van der Waals surface area contributed by atoms with Crippen molar-refractivity contribution in [2.24, 2.45) is 0 Å². The van der Waals surface area contributed by atoms with Crippen molar-refractivity contribution in [1.82, 2.24) is 5.09 Å². The molecule has 0 aliphatic carbocycles. The van der Waals surface area contributed by atoms with Crippen molar-refractivity contribution < 1.29 is 23.1 Å². The zero-order valence-electron chi connectivity index (χ0n) is 12.5. The first-order chi connectivity index (χ1) is 10.0. The van der Waals surface area contributed by atoms with Crippen LogP contribution in [0.3, 0.4) is 0 Å². The minimum atomic E-state index is -3.66. The molecule has 0 radical (unpaired) electrons. The van der Waals surface area contributed by atoms with Gasteiger partial charge in [-0.25, -0.2) is 9.65 Å². The lowest BCUT2D eigenvalue weighted by atomic mass is 10.3. The molecule has 0 aliphatic heterocycles. The van der Waals surface area contributed by atoms with Crippen molar-refractivity contribution in [3.63, 3.8) is 0 Å². The van der Waals surface area contributed by atoms with E-state index in [1.54, 1.807) is 38.3 Å². The Labute approximate surface area is 125 Å². The molecule has 0 saturated carbocycles. The summed E-state index contributed by atoms with van der Waals surface area (Å²) in [4.78, 5) is 10.8. The van der Waals surface area contributed by atoms with E-state index in [-0.39, 0.29) is 12.7 Å². The van der Waals surface area contributed by atoms with Crippen LogP contribution in [-0.2, 0) is 18.6 Å². The molecule has 0 bridgehead atoms. The maximum absolute atomic E-state index is 12.7. The fourth-order valence-corrected chi connectivity index (χ4v) is 3.03. The molecule has 1 rings (SSSR count). The molecule has 0 heterocycles. The average molecular weight is 315 g/mol. The van der Waals surface area contributed by atoms with Gasteiger partial charge in [-0.15, -0.1) is 0 Å². The molecule has 6 nitrogen and oxygen atoms in total. The van der Waals surface area contributed by atoms with Gasteiger partial charge in [0.15, 0.2) is 0 Å². The van der Waals surface area contributed by atoms with Crippen molar-refractivity contribution >= 4 is 14.0 Å². The molecule has 3 atom stereocenters. The van der Waals surface area contributed by atoms with E-state index in [1.807, 2.05) is 13.0 Å². The van der Waals surface area contributed by atoms with Crippen molar-refractivity contribution in [3.8, 4) is 5.75 Å². The molecule has 2 unspecified atom stereocenters. The third kappa shape index (κ3) is 6.40. The fraction of sp³-hybridized carbons (Fsp3) is 0.500. The number of carbonyl (C=O) groups excluding carboxylic acids is 1. The molecular formula is C14H22NO5P.